The van der Waals surface area contributed by atoms with Crippen LogP contribution in [0.1, 0.15) is 32.3 Å². The molecule has 2 rings (SSSR count). The van der Waals surface area contributed by atoms with Crippen molar-refractivity contribution in [3.63, 3.8) is 0 Å². The molecule has 0 atom stereocenters. The highest BCUT2D eigenvalue weighted by molar-refractivity contribution is 5.48. The zero-order valence-corrected chi connectivity index (χ0v) is 12.1. The quantitative estimate of drug-likeness (QED) is 0.887. The van der Waals surface area contributed by atoms with E-state index in [1.165, 1.54) is 24.1 Å². The molecular weight excluding hydrogens is 236 g/mol. The van der Waals surface area contributed by atoms with Crippen molar-refractivity contribution in [2.75, 3.05) is 24.7 Å². The van der Waals surface area contributed by atoms with Crippen molar-refractivity contribution >= 4 is 5.69 Å². The predicted octanol–water partition coefficient (Wildman–Crippen LogP) is 2.79. The largest absolute Gasteiger partial charge is 0.381 e. The van der Waals surface area contributed by atoms with Gasteiger partial charge in [0.25, 0.3) is 0 Å². The standard InChI is InChI=1S/C16H26N2O/c1-13(2)18(12-15-7-9-19-10-8-15)16-5-3-14(11-17)4-6-16/h3-6,13,15H,7-12,17H2,1-2H3. The van der Waals surface area contributed by atoms with Crippen molar-refractivity contribution in [2.24, 2.45) is 11.7 Å². The van der Waals surface area contributed by atoms with Gasteiger partial charge in [0.2, 0.25) is 0 Å². The number of hydrogen-bond acceptors (Lipinski definition) is 3. The molecule has 3 nitrogen and oxygen atoms in total. The van der Waals surface area contributed by atoms with Crippen LogP contribution in [0.5, 0.6) is 0 Å². The molecule has 106 valence electrons. The highest BCUT2D eigenvalue weighted by Crippen LogP contribution is 2.23. The molecule has 2 N–H and O–H groups in total. The van der Waals surface area contributed by atoms with E-state index in [0.29, 0.717) is 12.6 Å². The average Bonchev–Trinajstić information content (AvgIpc) is 2.46. The van der Waals surface area contributed by atoms with Crippen LogP contribution in [0.3, 0.4) is 0 Å². The molecule has 0 saturated carbocycles. The first-order valence-electron chi connectivity index (χ1n) is 7.34. The Morgan fingerprint density at radius 1 is 1.21 bits per heavy atom. The summed E-state index contributed by atoms with van der Waals surface area (Å²) in [6, 6.07) is 9.18. The summed E-state index contributed by atoms with van der Waals surface area (Å²) in [5, 5.41) is 0. The Hall–Kier alpha value is -1.06. The zero-order valence-electron chi connectivity index (χ0n) is 12.1. The van der Waals surface area contributed by atoms with Gasteiger partial charge in [-0.2, -0.15) is 0 Å². The lowest BCUT2D eigenvalue weighted by Crippen LogP contribution is -2.37. The first kappa shape index (κ1) is 14.4. The molecule has 1 aromatic rings. The number of nitrogens with two attached hydrogens (primary N) is 1. The maximum absolute atomic E-state index is 5.66. The minimum Gasteiger partial charge on any atom is -0.381 e. The summed E-state index contributed by atoms with van der Waals surface area (Å²) in [5.74, 6) is 0.755. The second kappa shape index (κ2) is 6.92. The maximum atomic E-state index is 5.66. The molecule has 1 saturated heterocycles. The lowest BCUT2D eigenvalue weighted by Gasteiger charge is -2.34. The van der Waals surface area contributed by atoms with Crippen LogP contribution >= 0.6 is 0 Å². The number of nitrogens with zero attached hydrogens (tertiary/aromatic N) is 1. The molecule has 0 unspecified atom stereocenters. The van der Waals surface area contributed by atoms with E-state index in [9.17, 15) is 0 Å². The summed E-state index contributed by atoms with van der Waals surface area (Å²) in [7, 11) is 0. The molecular formula is C16H26N2O. The SMILES string of the molecule is CC(C)N(CC1CCOCC1)c1ccc(CN)cc1. The van der Waals surface area contributed by atoms with E-state index in [4.69, 9.17) is 10.5 Å². The average molecular weight is 262 g/mol. The van der Waals surface area contributed by atoms with Gasteiger partial charge in [0, 0.05) is 38.0 Å². The molecule has 0 spiro atoms. The Morgan fingerprint density at radius 3 is 2.37 bits per heavy atom. The van der Waals surface area contributed by atoms with Gasteiger partial charge in [-0.25, -0.2) is 0 Å². The van der Waals surface area contributed by atoms with E-state index in [0.717, 1.165) is 25.7 Å². The fourth-order valence-electron chi connectivity index (χ4n) is 2.65. The lowest BCUT2D eigenvalue weighted by molar-refractivity contribution is 0.0678. The molecule has 1 heterocycles. The summed E-state index contributed by atoms with van der Waals surface area (Å²) in [4.78, 5) is 2.50. The van der Waals surface area contributed by atoms with Crippen molar-refractivity contribution < 1.29 is 4.74 Å². The number of benzene rings is 1. The van der Waals surface area contributed by atoms with Gasteiger partial charge in [0.05, 0.1) is 0 Å². The lowest BCUT2D eigenvalue weighted by atomic mass is 9.98. The van der Waals surface area contributed by atoms with Gasteiger partial charge in [-0.3, -0.25) is 0 Å². The summed E-state index contributed by atoms with van der Waals surface area (Å²) in [6.45, 7) is 8.10. The Kier molecular flexibility index (Phi) is 5.23. The second-order valence-electron chi connectivity index (χ2n) is 5.67. The van der Waals surface area contributed by atoms with Crippen LogP contribution in [0.25, 0.3) is 0 Å². The molecule has 1 aliphatic heterocycles. The molecule has 0 bridgehead atoms. The number of anilines is 1. The van der Waals surface area contributed by atoms with Crippen molar-refractivity contribution in [2.45, 2.75) is 39.3 Å². The normalized spacial score (nSPS) is 16.8. The van der Waals surface area contributed by atoms with Crippen LogP contribution in [0.4, 0.5) is 5.69 Å². The molecule has 0 aromatic heterocycles. The van der Waals surface area contributed by atoms with Crippen molar-refractivity contribution in [3.05, 3.63) is 29.8 Å². The first-order chi connectivity index (χ1) is 9.20. The van der Waals surface area contributed by atoms with Crippen molar-refractivity contribution in [1.29, 1.82) is 0 Å². The smallest absolute Gasteiger partial charge is 0.0469 e. The third kappa shape index (κ3) is 3.95. The Morgan fingerprint density at radius 2 is 1.84 bits per heavy atom. The van der Waals surface area contributed by atoms with E-state index in [-0.39, 0.29) is 0 Å². The highest BCUT2D eigenvalue weighted by atomic mass is 16.5. The molecule has 0 radical (unpaired) electrons. The minimum atomic E-state index is 0.520. The van der Waals surface area contributed by atoms with E-state index in [2.05, 4.69) is 43.0 Å². The molecule has 1 aliphatic rings. The van der Waals surface area contributed by atoms with Gasteiger partial charge in [0.15, 0.2) is 0 Å². The number of ether oxygens (including phenoxy) is 1. The fraction of sp³-hybridized carbons (Fsp3) is 0.625. The summed E-state index contributed by atoms with van der Waals surface area (Å²) in [6.07, 6.45) is 2.37. The van der Waals surface area contributed by atoms with Crippen LogP contribution < -0.4 is 10.6 Å². The van der Waals surface area contributed by atoms with E-state index in [1.807, 2.05) is 0 Å². The van der Waals surface area contributed by atoms with Gasteiger partial charge in [-0.05, 0) is 50.3 Å². The van der Waals surface area contributed by atoms with Gasteiger partial charge in [0.1, 0.15) is 0 Å². The summed E-state index contributed by atoms with van der Waals surface area (Å²) >= 11 is 0. The van der Waals surface area contributed by atoms with Gasteiger partial charge >= 0.3 is 0 Å². The van der Waals surface area contributed by atoms with E-state index >= 15 is 0 Å². The minimum absolute atomic E-state index is 0.520. The van der Waals surface area contributed by atoms with Crippen LogP contribution in [0, 0.1) is 5.92 Å². The van der Waals surface area contributed by atoms with Crippen LogP contribution in [-0.4, -0.2) is 25.8 Å². The maximum Gasteiger partial charge on any atom is 0.0469 e. The molecule has 19 heavy (non-hydrogen) atoms. The third-order valence-electron chi connectivity index (χ3n) is 3.92. The van der Waals surface area contributed by atoms with Crippen LogP contribution in [-0.2, 0) is 11.3 Å². The zero-order chi connectivity index (χ0) is 13.7. The number of rotatable bonds is 5. The monoisotopic (exact) mass is 262 g/mol. The van der Waals surface area contributed by atoms with Crippen LogP contribution in [0.2, 0.25) is 0 Å². The first-order valence-corrected chi connectivity index (χ1v) is 7.34. The van der Waals surface area contributed by atoms with Gasteiger partial charge in [-0.15, -0.1) is 0 Å². The molecule has 3 heteroatoms. The topological polar surface area (TPSA) is 38.5 Å². The fourth-order valence-corrected chi connectivity index (χ4v) is 2.65. The molecule has 1 aromatic carbocycles. The van der Waals surface area contributed by atoms with Crippen molar-refractivity contribution in [3.8, 4) is 0 Å². The highest BCUT2D eigenvalue weighted by Gasteiger charge is 2.19. The predicted molar refractivity (Wildman–Crippen MR) is 80.4 cm³/mol. The summed E-state index contributed by atoms with van der Waals surface area (Å²) < 4.78 is 5.45. The van der Waals surface area contributed by atoms with Gasteiger partial charge < -0.3 is 15.4 Å². The Balaban J connectivity index is 2.05. The third-order valence-corrected chi connectivity index (χ3v) is 3.92. The van der Waals surface area contributed by atoms with Crippen molar-refractivity contribution in [1.82, 2.24) is 0 Å². The van der Waals surface area contributed by atoms with Crippen LogP contribution in [0.15, 0.2) is 24.3 Å². The van der Waals surface area contributed by atoms with Gasteiger partial charge in [-0.1, -0.05) is 12.1 Å². The Labute approximate surface area is 116 Å². The molecule has 1 fully saturated rings. The van der Waals surface area contributed by atoms with E-state index < -0.39 is 0 Å². The molecule has 0 amide bonds. The second-order valence-corrected chi connectivity index (χ2v) is 5.67. The number of hydrogen-bond donors (Lipinski definition) is 1. The van der Waals surface area contributed by atoms with E-state index in [1.54, 1.807) is 0 Å². The summed E-state index contributed by atoms with van der Waals surface area (Å²) in [5.41, 5.74) is 8.16. The molecule has 0 aliphatic carbocycles. The Bertz CT molecular complexity index is 369.